The molecule has 0 saturated carbocycles. The average Bonchev–Trinajstić information content (AvgIpc) is 3.16. The maximum Gasteiger partial charge on any atom is 0.265 e. The first-order valence-corrected chi connectivity index (χ1v) is 9.72. The summed E-state index contributed by atoms with van der Waals surface area (Å²) in [7, 11) is 0. The van der Waals surface area contributed by atoms with Crippen LogP contribution in [-0.4, -0.2) is 42.9 Å². The molecule has 0 atom stereocenters. The van der Waals surface area contributed by atoms with Crippen molar-refractivity contribution in [1.82, 2.24) is 4.90 Å². The molecule has 26 heavy (non-hydrogen) atoms. The average molecular weight is 372 g/mol. The third kappa shape index (κ3) is 4.25. The van der Waals surface area contributed by atoms with Crippen molar-refractivity contribution in [3.8, 4) is 0 Å². The number of carbonyl (C=O) groups is 2. The second kappa shape index (κ2) is 7.50. The molecule has 0 aliphatic carbocycles. The normalized spacial score (nSPS) is 15.0. The van der Waals surface area contributed by atoms with Gasteiger partial charge in [-0.25, -0.2) is 0 Å². The van der Waals surface area contributed by atoms with E-state index in [1.54, 1.807) is 0 Å². The van der Waals surface area contributed by atoms with Crippen LogP contribution in [0, 0.1) is 5.41 Å². The third-order valence-corrected chi connectivity index (χ3v) is 5.31. The van der Waals surface area contributed by atoms with Crippen molar-refractivity contribution >= 4 is 34.5 Å². The molecule has 1 aromatic heterocycles. The quantitative estimate of drug-likeness (QED) is 0.895. The summed E-state index contributed by atoms with van der Waals surface area (Å²) in [6.45, 7) is 9.02. The van der Waals surface area contributed by atoms with Gasteiger partial charge in [0.25, 0.3) is 5.91 Å². The van der Waals surface area contributed by atoms with Crippen LogP contribution in [0.3, 0.4) is 0 Å². The SMILES string of the molecule is CC(C)(C)C(=O)N1CCN(c2ccc(NC(=O)c3cccs3)cc2)CC1. The van der Waals surface area contributed by atoms with Gasteiger partial charge in [-0.15, -0.1) is 11.3 Å². The molecule has 1 N–H and O–H groups in total. The maximum atomic E-state index is 12.4. The Labute approximate surface area is 158 Å². The molecule has 138 valence electrons. The van der Waals surface area contributed by atoms with Crippen molar-refractivity contribution in [2.75, 3.05) is 36.4 Å². The molecule has 2 aromatic rings. The number of carbonyl (C=O) groups excluding carboxylic acids is 2. The van der Waals surface area contributed by atoms with Crippen molar-refractivity contribution < 1.29 is 9.59 Å². The van der Waals surface area contributed by atoms with E-state index >= 15 is 0 Å². The second-order valence-electron chi connectivity index (χ2n) is 7.51. The fourth-order valence-corrected chi connectivity index (χ4v) is 3.62. The maximum absolute atomic E-state index is 12.4. The number of nitrogens with zero attached hydrogens (tertiary/aromatic N) is 2. The topological polar surface area (TPSA) is 52.7 Å². The summed E-state index contributed by atoms with van der Waals surface area (Å²) in [4.78, 5) is 29.4. The fourth-order valence-electron chi connectivity index (χ4n) is 3.00. The summed E-state index contributed by atoms with van der Waals surface area (Å²) in [5.41, 5.74) is 1.57. The van der Waals surface area contributed by atoms with Crippen LogP contribution in [0.25, 0.3) is 0 Å². The minimum atomic E-state index is -0.329. The molecule has 1 aliphatic rings. The van der Waals surface area contributed by atoms with Crippen LogP contribution in [0.5, 0.6) is 0 Å². The van der Waals surface area contributed by atoms with Gasteiger partial charge in [0.05, 0.1) is 4.88 Å². The highest BCUT2D eigenvalue weighted by Gasteiger charge is 2.29. The van der Waals surface area contributed by atoms with Gasteiger partial charge < -0.3 is 15.1 Å². The zero-order chi connectivity index (χ0) is 18.7. The Kier molecular flexibility index (Phi) is 5.32. The standard InChI is InChI=1S/C20H25N3O2S/c1-20(2,3)19(25)23-12-10-22(11-13-23)16-8-6-15(7-9-16)21-18(24)17-5-4-14-26-17/h4-9,14H,10-13H2,1-3H3,(H,21,24). The summed E-state index contributed by atoms with van der Waals surface area (Å²) in [5, 5.41) is 4.80. The van der Waals surface area contributed by atoms with Crippen LogP contribution in [0.4, 0.5) is 11.4 Å². The van der Waals surface area contributed by atoms with E-state index in [2.05, 4.69) is 10.2 Å². The van der Waals surface area contributed by atoms with E-state index in [9.17, 15) is 9.59 Å². The molecule has 3 rings (SSSR count). The van der Waals surface area contributed by atoms with Gasteiger partial charge in [0.2, 0.25) is 5.91 Å². The molecule has 1 fully saturated rings. The predicted octanol–water partition coefficient (Wildman–Crippen LogP) is 3.70. The lowest BCUT2D eigenvalue weighted by molar-refractivity contribution is -0.139. The Morgan fingerprint density at radius 2 is 1.65 bits per heavy atom. The van der Waals surface area contributed by atoms with Crippen molar-refractivity contribution in [3.05, 3.63) is 46.7 Å². The fraction of sp³-hybridized carbons (Fsp3) is 0.400. The number of hydrogen-bond donors (Lipinski definition) is 1. The van der Waals surface area contributed by atoms with E-state index in [0.29, 0.717) is 4.88 Å². The summed E-state index contributed by atoms with van der Waals surface area (Å²) in [5.74, 6) is 0.130. The monoisotopic (exact) mass is 371 g/mol. The van der Waals surface area contributed by atoms with Gasteiger partial charge in [0.1, 0.15) is 0 Å². The Bertz CT molecular complexity index is 755. The zero-order valence-corrected chi connectivity index (χ0v) is 16.3. The summed E-state index contributed by atoms with van der Waals surface area (Å²) in [6.07, 6.45) is 0. The summed E-state index contributed by atoms with van der Waals surface area (Å²) >= 11 is 1.43. The first-order valence-electron chi connectivity index (χ1n) is 8.84. The van der Waals surface area contributed by atoms with Crippen LogP contribution in [-0.2, 0) is 4.79 Å². The van der Waals surface area contributed by atoms with Crippen LogP contribution in [0.1, 0.15) is 30.4 Å². The highest BCUT2D eigenvalue weighted by atomic mass is 32.1. The molecular formula is C20H25N3O2S. The molecule has 1 aliphatic heterocycles. The highest BCUT2D eigenvalue weighted by Crippen LogP contribution is 2.23. The van der Waals surface area contributed by atoms with E-state index in [1.165, 1.54) is 11.3 Å². The number of nitrogens with one attached hydrogen (secondary N) is 1. The molecule has 1 saturated heterocycles. The first kappa shape index (κ1) is 18.5. The number of thiophene rings is 1. The van der Waals surface area contributed by atoms with Gasteiger partial charge in [-0.3, -0.25) is 9.59 Å². The van der Waals surface area contributed by atoms with Crippen LogP contribution < -0.4 is 10.2 Å². The zero-order valence-electron chi connectivity index (χ0n) is 15.5. The molecule has 0 spiro atoms. The van der Waals surface area contributed by atoms with Gasteiger partial charge in [0.15, 0.2) is 0 Å². The molecule has 5 nitrogen and oxygen atoms in total. The Morgan fingerprint density at radius 3 is 2.19 bits per heavy atom. The number of hydrogen-bond acceptors (Lipinski definition) is 4. The third-order valence-electron chi connectivity index (χ3n) is 4.44. The Hall–Kier alpha value is -2.34. The molecule has 2 heterocycles. The molecule has 1 aromatic carbocycles. The largest absolute Gasteiger partial charge is 0.368 e. The minimum absolute atomic E-state index is 0.0814. The van der Waals surface area contributed by atoms with Crippen LogP contribution in [0.2, 0.25) is 0 Å². The van der Waals surface area contributed by atoms with Crippen molar-refractivity contribution in [2.45, 2.75) is 20.8 Å². The molecule has 6 heteroatoms. The Balaban J connectivity index is 1.56. The number of amides is 2. The predicted molar refractivity (Wildman–Crippen MR) is 107 cm³/mol. The van der Waals surface area contributed by atoms with Crippen molar-refractivity contribution in [2.24, 2.45) is 5.41 Å². The first-order chi connectivity index (χ1) is 12.3. The lowest BCUT2D eigenvalue weighted by Gasteiger charge is -2.38. The molecule has 0 bridgehead atoms. The lowest BCUT2D eigenvalue weighted by atomic mass is 9.94. The van der Waals surface area contributed by atoms with E-state index in [4.69, 9.17) is 0 Å². The molecular weight excluding hydrogens is 346 g/mol. The smallest absolute Gasteiger partial charge is 0.265 e. The van der Waals surface area contributed by atoms with Crippen LogP contribution in [0.15, 0.2) is 41.8 Å². The van der Waals surface area contributed by atoms with Gasteiger partial charge in [-0.1, -0.05) is 26.8 Å². The van der Waals surface area contributed by atoms with Gasteiger partial charge in [0, 0.05) is 43.0 Å². The number of benzene rings is 1. The summed E-state index contributed by atoms with van der Waals surface area (Å²) < 4.78 is 0. The lowest BCUT2D eigenvalue weighted by Crippen LogP contribution is -2.51. The van der Waals surface area contributed by atoms with Gasteiger partial charge in [-0.2, -0.15) is 0 Å². The molecule has 0 unspecified atom stereocenters. The summed E-state index contributed by atoms with van der Waals surface area (Å²) in [6, 6.07) is 11.6. The Morgan fingerprint density at radius 1 is 1.00 bits per heavy atom. The minimum Gasteiger partial charge on any atom is -0.368 e. The van der Waals surface area contributed by atoms with Gasteiger partial charge in [-0.05, 0) is 35.7 Å². The van der Waals surface area contributed by atoms with Gasteiger partial charge >= 0.3 is 0 Å². The van der Waals surface area contributed by atoms with Crippen molar-refractivity contribution in [3.63, 3.8) is 0 Å². The van der Waals surface area contributed by atoms with Crippen LogP contribution >= 0.6 is 11.3 Å². The van der Waals surface area contributed by atoms with E-state index in [-0.39, 0.29) is 17.2 Å². The number of rotatable bonds is 3. The van der Waals surface area contributed by atoms with Crippen molar-refractivity contribution in [1.29, 1.82) is 0 Å². The number of anilines is 2. The van der Waals surface area contributed by atoms with E-state index in [0.717, 1.165) is 37.6 Å². The number of piperazine rings is 1. The highest BCUT2D eigenvalue weighted by molar-refractivity contribution is 7.12. The van der Waals surface area contributed by atoms with E-state index in [1.807, 2.05) is 67.4 Å². The molecule has 2 amide bonds. The molecule has 0 radical (unpaired) electrons. The second-order valence-corrected chi connectivity index (χ2v) is 8.46. The van der Waals surface area contributed by atoms with E-state index < -0.39 is 0 Å².